The second kappa shape index (κ2) is 6.46. The molecular formula is C19H21F3N2O2. The third kappa shape index (κ3) is 3.93. The van der Waals surface area contributed by atoms with E-state index in [4.69, 9.17) is 4.74 Å². The molecule has 1 aliphatic heterocycles. The van der Waals surface area contributed by atoms with Gasteiger partial charge in [0.15, 0.2) is 6.04 Å². The van der Waals surface area contributed by atoms with E-state index in [1.165, 1.54) is 6.07 Å². The molecule has 0 saturated carbocycles. The van der Waals surface area contributed by atoms with E-state index < -0.39 is 23.7 Å². The van der Waals surface area contributed by atoms with Crippen LogP contribution in [0, 0.1) is 0 Å². The highest BCUT2D eigenvalue weighted by Gasteiger charge is 2.47. The van der Waals surface area contributed by atoms with Crippen molar-refractivity contribution in [2.45, 2.75) is 45.0 Å². The number of benzene rings is 2. The molecule has 140 valence electrons. The molecule has 0 unspecified atom stereocenters. The fourth-order valence-electron chi connectivity index (χ4n) is 3.15. The van der Waals surface area contributed by atoms with Gasteiger partial charge in [0, 0.05) is 13.0 Å². The number of ether oxygens (including phenoxy) is 1. The lowest BCUT2D eigenvalue weighted by atomic mass is 9.97. The number of fused-ring (bicyclic) bond motifs is 1. The Kier molecular flexibility index (Phi) is 4.60. The molecule has 1 fully saturated rings. The third-order valence-corrected chi connectivity index (χ3v) is 4.07. The molecule has 7 heteroatoms. The van der Waals surface area contributed by atoms with Crippen LogP contribution >= 0.6 is 0 Å². The van der Waals surface area contributed by atoms with Crippen LogP contribution in [0.5, 0.6) is 5.75 Å². The quantitative estimate of drug-likeness (QED) is 0.878. The van der Waals surface area contributed by atoms with E-state index in [2.05, 4.69) is 5.43 Å². The average Bonchev–Trinajstić information content (AvgIpc) is 2.90. The zero-order valence-corrected chi connectivity index (χ0v) is 14.9. The molecule has 0 aromatic heterocycles. The van der Waals surface area contributed by atoms with E-state index >= 15 is 0 Å². The highest BCUT2D eigenvalue weighted by molar-refractivity contribution is 5.87. The first-order chi connectivity index (χ1) is 12.0. The number of hydrogen-bond donors (Lipinski definition) is 1. The van der Waals surface area contributed by atoms with Crippen LogP contribution in [0.15, 0.2) is 36.4 Å². The molecule has 1 N–H and O–H groups in total. The number of hydrazine groups is 1. The number of alkyl halides is 3. The Bertz CT molecular complexity index is 828. The Morgan fingerprint density at radius 3 is 2.46 bits per heavy atom. The van der Waals surface area contributed by atoms with Gasteiger partial charge in [-0.25, -0.2) is 5.01 Å². The Morgan fingerprint density at radius 2 is 1.88 bits per heavy atom. The molecule has 1 amide bonds. The van der Waals surface area contributed by atoms with E-state index in [0.29, 0.717) is 16.5 Å². The van der Waals surface area contributed by atoms with Gasteiger partial charge in [-0.2, -0.15) is 13.2 Å². The van der Waals surface area contributed by atoms with Gasteiger partial charge in [-0.1, -0.05) is 24.3 Å². The number of amides is 1. The molecule has 2 aromatic rings. The molecule has 1 atom stereocenters. The van der Waals surface area contributed by atoms with Crippen molar-refractivity contribution in [2.24, 2.45) is 0 Å². The number of hydrogen-bond acceptors (Lipinski definition) is 3. The van der Waals surface area contributed by atoms with Gasteiger partial charge >= 0.3 is 6.18 Å². The van der Waals surface area contributed by atoms with Crippen molar-refractivity contribution in [3.05, 3.63) is 42.0 Å². The maximum atomic E-state index is 13.8. The molecular weight excluding hydrogens is 345 g/mol. The summed E-state index contributed by atoms with van der Waals surface area (Å²) in [6, 6.07) is 7.96. The molecule has 1 heterocycles. The normalized spacial score (nSPS) is 17.4. The molecule has 0 spiro atoms. The molecule has 0 bridgehead atoms. The van der Waals surface area contributed by atoms with Gasteiger partial charge in [0.1, 0.15) is 11.4 Å². The minimum atomic E-state index is -4.52. The molecule has 1 saturated heterocycles. The van der Waals surface area contributed by atoms with Gasteiger partial charge in [0.25, 0.3) is 0 Å². The van der Waals surface area contributed by atoms with Gasteiger partial charge in [-0.3, -0.25) is 10.2 Å². The number of halogens is 3. The Balaban J connectivity index is 2.06. The van der Waals surface area contributed by atoms with Gasteiger partial charge in [0.05, 0.1) is 0 Å². The van der Waals surface area contributed by atoms with Crippen LogP contribution in [0.3, 0.4) is 0 Å². The zero-order chi connectivity index (χ0) is 19.1. The molecule has 0 aliphatic carbocycles. The van der Waals surface area contributed by atoms with Crippen molar-refractivity contribution in [3.63, 3.8) is 0 Å². The molecule has 1 aliphatic rings. The van der Waals surface area contributed by atoms with Crippen molar-refractivity contribution in [1.29, 1.82) is 0 Å². The summed E-state index contributed by atoms with van der Waals surface area (Å²) in [4.78, 5) is 11.4. The maximum Gasteiger partial charge on any atom is 0.409 e. The zero-order valence-electron chi connectivity index (χ0n) is 14.9. The maximum absolute atomic E-state index is 13.8. The predicted octanol–water partition coefficient (Wildman–Crippen LogP) is 4.36. The monoisotopic (exact) mass is 366 g/mol. The van der Waals surface area contributed by atoms with E-state index in [-0.39, 0.29) is 18.5 Å². The summed E-state index contributed by atoms with van der Waals surface area (Å²) < 4.78 is 47.2. The van der Waals surface area contributed by atoms with Gasteiger partial charge in [0.2, 0.25) is 5.91 Å². The predicted molar refractivity (Wildman–Crippen MR) is 92.6 cm³/mol. The summed E-state index contributed by atoms with van der Waals surface area (Å²) in [6.45, 7) is 5.74. The van der Waals surface area contributed by atoms with Crippen molar-refractivity contribution in [3.8, 4) is 5.75 Å². The first kappa shape index (κ1) is 18.5. The number of carbonyl (C=O) groups excluding carboxylic acids is 1. The van der Waals surface area contributed by atoms with Crippen LogP contribution in [-0.2, 0) is 4.79 Å². The van der Waals surface area contributed by atoms with Crippen molar-refractivity contribution >= 4 is 16.7 Å². The molecule has 2 aromatic carbocycles. The molecule has 0 radical (unpaired) electrons. The smallest absolute Gasteiger partial charge is 0.409 e. The van der Waals surface area contributed by atoms with Crippen molar-refractivity contribution < 1.29 is 22.7 Å². The van der Waals surface area contributed by atoms with Gasteiger partial charge < -0.3 is 4.74 Å². The summed E-state index contributed by atoms with van der Waals surface area (Å²) in [7, 11) is 0. The second-order valence-corrected chi connectivity index (χ2v) is 7.37. The van der Waals surface area contributed by atoms with Gasteiger partial charge in [-0.15, -0.1) is 0 Å². The summed E-state index contributed by atoms with van der Waals surface area (Å²) in [5, 5.41) is 2.11. The number of carbonyl (C=O) groups is 1. The van der Waals surface area contributed by atoms with Crippen molar-refractivity contribution in [2.75, 3.05) is 6.54 Å². The third-order valence-electron chi connectivity index (χ3n) is 4.07. The van der Waals surface area contributed by atoms with Crippen LogP contribution in [-0.4, -0.2) is 29.2 Å². The fourth-order valence-corrected chi connectivity index (χ4v) is 3.15. The molecule has 26 heavy (non-hydrogen) atoms. The standard InChI is InChI=1S/C19H21F3N2O2/c1-18(2,3)26-13-7-8-14-12(11-13)5-4-6-15(14)17(19(20,21)22)24-10-9-16(25)23-24/h4-8,11,17H,9-10H2,1-3H3,(H,23,25)/t17-/m0/s1. The highest BCUT2D eigenvalue weighted by Crippen LogP contribution is 2.41. The summed E-state index contributed by atoms with van der Waals surface area (Å²) >= 11 is 0. The van der Waals surface area contributed by atoms with Crippen LogP contribution < -0.4 is 10.2 Å². The van der Waals surface area contributed by atoms with Crippen LogP contribution in [0.1, 0.15) is 38.8 Å². The van der Waals surface area contributed by atoms with E-state index in [9.17, 15) is 18.0 Å². The second-order valence-electron chi connectivity index (χ2n) is 7.37. The van der Waals surface area contributed by atoms with Crippen molar-refractivity contribution in [1.82, 2.24) is 10.4 Å². The van der Waals surface area contributed by atoms with Crippen LogP contribution in [0.2, 0.25) is 0 Å². The lowest BCUT2D eigenvalue weighted by molar-refractivity contribution is -0.190. The highest BCUT2D eigenvalue weighted by atomic mass is 19.4. The van der Waals surface area contributed by atoms with E-state index in [1.807, 2.05) is 20.8 Å². The minimum absolute atomic E-state index is 0.0185. The topological polar surface area (TPSA) is 41.6 Å². The minimum Gasteiger partial charge on any atom is -0.488 e. The summed E-state index contributed by atoms with van der Waals surface area (Å²) in [5.41, 5.74) is 2.02. The van der Waals surface area contributed by atoms with E-state index in [0.717, 1.165) is 5.01 Å². The molecule has 3 rings (SSSR count). The van der Waals surface area contributed by atoms with Crippen LogP contribution in [0.25, 0.3) is 10.8 Å². The van der Waals surface area contributed by atoms with Crippen LogP contribution in [0.4, 0.5) is 13.2 Å². The number of nitrogens with one attached hydrogen (secondary N) is 1. The van der Waals surface area contributed by atoms with Gasteiger partial charge in [-0.05, 0) is 49.2 Å². The SMILES string of the molecule is CC(C)(C)Oc1ccc2c([C@H](N3CCC(=O)N3)C(F)(F)F)cccc2c1. The Labute approximate surface area is 149 Å². The lowest BCUT2D eigenvalue weighted by Crippen LogP contribution is -2.43. The number of nitrogens with zero attached hydrogens (tertiary/aromatic N) is 1. The first-order valence-electron chi connectivity index (χ1n) is 8.39. The first-order valence-corrected chi connectivity index (χ1v) is 8.39. The Morgan fingerprint density at radius 1 is 1.15 bits per heavy atom. The summed E-state index contributed by atoms with van der Waals surface area (Å²) in [5.74, 6) is 0.195. The number of rotatable bonds is 3. The Hall–Kier alpha value is -2.28. The fraction of sp³-hybridized carbons (Fsp3) is 0.421. The lowest BCUT2D eigenvalue weighted by Gasteiger charge is -2.30. The van der Waals surface area contributed by atoms with E-state index in [1.54, 1.807) is 30.3 Å². The largest absolute Gasteiger partial charge is 0.488 e. The molecule has 4 nitrogen and oxygen atoms in total. The average molecular weight is 366 g/mol. The summed E-state index contributed by atoms with van der Waals surface area (Å²) in [6.07, 6.45) is -4.46.